The Kier molecular flexibility index (Phi) is 3.60. The first-order valence-electron chi connectivity index (χ1n) is 6.34. The number of benzene rings is 2. The lowest BCUT2D eigenvalue weighted by atomic mass is 10.1. The first kappa shape index (κ1) is 13.0. The van der Waals surface area contributed by atoms with Gasteiger partial charge < -0.3 is 4.74 Å². The Bertz CT molecular complexity index is 620. The highest BCUT2D eigenvalue weighted by atomic mass is 32.2. The number of fused-ring (bicyclic) bond motifs is 1. The van der Waals surface area contributed by atoms with Gasteiger partial charge >= 0.3 is 0 Å². The number of ether oxygens (including phenoxy) is 1. The summed E-state index contributed by atoms with van der Waals surface area (Å²) in [5.41, 5.74) is 1.41. The van der Waals surface area contributed by atoms with Gasteiger partial charge in [0.1, 0.15) is 12.4 Å². The smallest absolute Gasteiger partial charge is 0.273 e. The normalized spacial score (nSPS) is 16.7. The van der Waals surface area contributed by atoms with Gasteiger partial charge in [-0.15, -0.1) is 11.8 Å². The summed E-state index contributed by atoms with van der Waals surface area (Å²) in [6, 6.07) is 14.7. The number of non-ortho nitro benzene ring substituents is 1. The third-order valence-corrected chi connectivity index (χ3v) is 4.47. The molecule has 1 heterocycles. The van der Waals surface area contributed by atoms with Gasteiger partial charge in [-0.1, -0.05) is 24.3 Å². The summed E-state index contributed by atoms with van der Waals surface area (Å²) < 4.78 is 5.69. The van der Waals surface area contributed by atoms with Crippen LogP contribution in [0, 0.1) is 10.1 Å². The van der Waals surface area contributed by atoms with Crippen molar-refractivity contribution in [3.05, 3.63) is 64.2 Å². The van der Waals surface area contributed by atoms with Crippen LogP contribution in [0.2, 0.25) is 0 Å². The number of hydrogen-bond acceptors (Lipinski definition) is 4. The second kappa shape index (κ2) is 5.54. The van der Waals surface area contributed by atoms with E-state index < -0.39 is 4.92 Å². The summed E-state index contributed by atoms with van der Waals surface area (Å²) in [6.07, 6.45) is 0.982. The Morgan fingerprint density at radius 1 is 1.25 bits per heavy atom. The van der Waals surface area contributed by atoms with E-state index in [1.54, 1.807) is 12.1 Å². The van der Waals surface area contributed by atoms with Crippen LogP contribution in [0.3, 0.4) is 0 Å². The quantitative estimate of drug-likeness (QED) is 0.635. The Balaban J connectivity index is 1.61. The van der Waals surface area contributed by atoms with Gasteiger partial charge in [-0.3, -0.25) is 10.1 Å². The molecule has 0 aliphatic carbocycles. The first-order valence-corrected chi connectivity index (χ1v) is 7.22. The minimum absolute atomic E-state index is 0.0601. The Morgan fingerprint density at radius 3 is 2.90 bits per heavy atom. The molecular formula is C15H13NO3S. The van der Waals surface area contributed by atoms with E-state index in [1.165, 1.54) is 22.6 Å². The van der Waals surface area contributed by atoms with Crippen LogP contribution in [0.5, 0.6) is 5.75 Å². The first-order chi connectivity index (χ1) is 9.72. The number of nitro benzene ring substituents is 1. The van der Waals surface area contributed by atoms with Gasteiger partial charge in [0.25, 0.3) is 5.69 Å². The number of hydrogen-bond donors (Lipinski definition) is 0. The number of nitro groups is 1. The minimum Gasteiger partial charge on any atom is -0.492 e. The molecule has 0 aromatic heterocycles. The monoisotopic (exact) mass is 287 g/mol. The third-order valence-electron chi connectivity index (χ3n) is 3.18. The highest BCUT2D eigenvalue weighted by molar-refractivity contribution is 8.00. The molecule has 1 atom stereocenters. The zero-order valence-corrected chi connectivity index (χ0v) is 11.5. The number of rotatable bonds is 4. The van der Waals surface area contributed by atoms with E-state index in [-0.39, 0.29) is 5.69 Å². The summed E-state index contributed by atoms with van der Waals surface area (Å²) in [4.78, 5) is 11.6. The van der Waals surface area contributed by atoms with Crippen LogP contribution in [-0.2, 0) is 6.42 Å². The molecular weight excluding hydrogens is 274 g/mol. The van der Waals surface area contributed by atoms with Crippen LogP contribution in [0.25, 0.3) is 0 Å². The molecule has 0 N–H and O–H groups in total. The van der Waals surface area contributed by atoms with Crippen molar-refractivity contribution in [3.8, 4) is 5.75 Å². The van der Waals surface area contributed by atoms with Crippen molar-refractivity contribution in [2.75, 3.05) is 6.61 Å². The molecule has 102 valence electrons. The lowest BCUT2D eigenvalue weighted by molar-refractivity contribution is -0.384. The molecule has 1 aliphatic rings. The highest BCUT2D eigenvalue weighted by Gasteiger charge is 2.22. The van der Waals surface area contributed by atoms with Gasteiger partial charge in [-0.25, -0.2) is 0 Å². The van der Waals surface area contributed by atoms with Crippen molar-refractivity contribution >= 4 is 17.4 Å². The van der Waals surface area contributed by atoms with Gasteiger partial charge in [-0.2, -0.15) is 0 Å². The van der Waals surface area contributed by atoms with E-state index in [1.807, 2.05) is 23.9 Å². The average Bonchev–Trinajstić information content (AvgIpc) is 2.88. The maximum atomic E-state index is 10.7. The van der Waals surface area contributed by atoms with Crippen LogP contribution in [0.4, 0.5) is 5.69 Å². The number of nitrogens with zero attached hydrogens (tertiary/aromatic N) is 1. The summed E-state index contributed by atoms with van der Waals surface area (Å²) in [6.45, 7) is 0.556. The zero-order valence-electron chi connectivity index (χ0n) is 10.7. The third kappa shape index (κ3) is 2.77. The second-order valence-corrected chi connectivity index (χ2v) is 5.96. The summed E-state index contributed by atoms with van der Waals surface area (Å²) >= 11 is 1.81. The van der Waals surface area contributed by atoms with Crippen molar-refractivity contribution in [1.29, 1.82) is 0 Å². The molecule has 3 rings (SSSR count). The topological polar surface area (TPSA) is 52.4 Å². The SMILES string of the molecule is O=[N+]([O-])c1cccc(OCC2Cc3ccccc3S2)c1. The fraction of sp³-hybridized carbons (Fsp3) is 0.200. The Labute approximate surface area is 120 Å². The van der Waals surface area contributed by atoms with Crippen LogP contribution in [0.15, 0.2) is 53.4 Å². The lowest BCUT2D eigenvalue weighted by Gasteiger charge is -2.10. The van der Waals surface area contributed by atoms with E-state index in [0.717, 1.165) is 6.42 Å². The molecule has 2 aromatic rings. The minimum atomic E-state index is -0.410. The Hall–Kier alpha value is -2.01. The van der Waals surface area contributed by atoms with Crippen molar-refractivity contribution in [2.24, 2.45) is 0 Å². The fourth-order valence-electron chi connectivity index (χ4n) is 2.22. The van der Waals surface area contributed by atoms with Crippen LogP contribution >= 0.6 is 11.8 Å². The molecule has 2 aromatic carbocycles. The van der Waals surface area contributed by atoms with Gasteiger partial charge in [-0.05, 0) is 24.1 Å². The molecule has 20 heavy (non-hydrogen) atoms. The van der Waals surface area contributed by atoms with Gasteiger partial charge in [0.05, 0.1) is 11.0 Å². The van der Waals surface area contributed by atoms with Gasteiger partial charge in [0.2, 0.25) is 0 Å². The van der Waals surface area contributed by atoms with Gasteiger partial charge in [0, 0.05) is 16.2 Å². The second-order valence-electron chi connectivity index (χ2n) is 4.62. The maximum Gasteiger partial charge on any atom is 0.273 e. The standard InChI is InChI=1S/C15H13NO3S/c17-16(18)12-5-3-6-13(9-12)19-10-14-8-11-4-1-2-7-15(11)20-14/h1-7,9,14H,8,10H2. The van der Waals surface area contributed by atoms with E-state index in [2.05, 4.69) is 12.1 Å². The highest BCUT2D eigenvalue weighted by Crippen LogP contribution is 2.37. The molecule has 0 bridgehead atoms. The molecule has 5 heteroatoms. The molecule has 0 radical (unpaired) electrons. The summed E-state index contributed by atoms with van der Waals surface area (Å²) in [5.74, 6) is 0.552. The molecule has 0 saturated carbocycles. The van der Waals surface area contributed by atoms with E-state index in [4.69, 9.17) is 4.74 Å². The molecule has 0 saturated heterocycles. The predicted molar refractivity (Wildman–Crippen MR) is 78.4 cm³/mol. The predicted octanol–water partition coefficient (Wildman–Crippen LogP) is 3.69. The lowest BCUT2D eigenvalue weighted by Crippen LogP contribution is -2.13. The van der Waals surface area contributed by atoms with Gasteiger partial charge in [0.15, 0.2) is 0 Å². The molecule has 0 amide bonds. The van der Waals surface area contributed by atoms with Crippen molar-refractivity contribution in [2.45, 2.75) is 16.6 Å². The molecule has 1 unspecified atom stereocenters. The zero-order chi connectivity index (χ0) is 13.9. The van der Waals surface area contributed by atoms with Crippen LogP contribution in [-0.4, -0.2) is 16.8 Å². The number of thioether (sulfide) groups is 1. The largest absolute Gasteiger partial charge is 0.492 e. The van der Waals surface area contributed by atoms with E-state index >= 15 is 0 Å². The molecule has 0 fully saturated rings. The summed E-state index contributed by atoms with van der Waals surface area (Å²) in [5, 5.41) is 11.1. The Morgan fingerprint density at radius 2 is 2.10 bits per heavy atom. The molecule has 4 nitrogen and oxygen atoms in total. The molecule has 0 spiro atoms. The summed E-state index contributed by atoms with van der Waals surface area (Å²) in [7, 11) is 0. The average molecular weight is 287 g/mol. The van der Waals surface area contributed by atoms with E-state index in [0.29, 0.717) is 17.6 Å². The van der Waals surface area contributed by atoms with Crippen molar-refractivity contribution in [1.82, 2.24) is 0 Å². The van der Waals surface area contributed by atoms with Crippen molar-refractivity contribution in [3.63, 3.8) is 0 Å². The molecule has 1 aliphatic heterocycles. The maximum absolute atomic E-state index is 10.7. The van der Waals surface area contributed by atoms with E-state index in [9.17, 15) is 10.1 Å². The van der Waals surface area contributed by atoms with Crippen LogP contribution < -0.4 is 4.74 Å². The van der Waals surface area contributed by atoms with Crippen LogP contribution in [0.1, 0.15) is 5.56 Å². The fourth-order valence-corrected chi connectivity index (χ4v) is 3.44. The van der Waals surface area contributed by atoms with Crippen molar-refractivity contribution < 1.29 is 9.66 Å².